The number of benzene rings is 1. The molecule has 18 heavy (non-hydrogen) atoms. The molecule has 0 amide bonds. The van der Waals surface area contributed by atoms with Crippen LogP contribution in [-0.4, -0.2) is 0 Å². The monoisotopic (exact) mass is 299 g/mol. The van der Waals surface area contributed by atoms with E-state index in [2.05, 4.69) is 0 Å². The Balaban J connectivity index is 0.00000176. The molecule has 2 aromatic heterocycles. The fourth-order valence-electron chi connectivity index (χ4n) is 1.67. The van der Waals surface area contributed by atoms with E-state index in [1.807, 2.05) is 34.5 Å². The summed E-state index contributed by atoms with van der Waals surface area (Å²) < 4.78 is 34.1. The predicted octanol–water partition coefficient (Wildman–Crippen LogP) is 0.894. The number of hydrogen-bond donors (Lipinski definition) is 0. The molecule has 0 unspecified atom stereocenters. The molecular weight excluding hydrogens is 285 g/mol. The molecule has 0 aliphatic heterocycles. The van der Waals surface area contributed by atoms with E-state index < -0.39 is 0 Å². The molecule has 4 heteroatoms. The molecular formula is C14H11Cl2NS. The molecule has 0 spiro atoms. The number of fused-ring (bicyclic) bond motifs is 1. The van der Waals surface area contributed by atoms with Crippen molar-refractivity contribution in [2.75, 3.05) is 0 Å². The molecule has 0 aliphatic carbocycles. The normalized spacial score (nSPS) is 13.4. The quantitative estimate of drug-likeness (QED) is 0.619. The zero-order chi connectivity index (χ0) is 15.1. The summed E-state index contributed by atoms with van der Waals surface area (Å²) in [6, 6.07) is 3.17. The third kappa shape index (κ3) is 2.66. The molecule has 0 atom stereocenters. The van der Waals surface area contributed by atoms with E-state index in [1.165, 1.54) is 4.70 Å². The molecule has 2 heterocycles. The van der Waals surface area contributed by atoms with Crippen molar-refractivity contribution in [1.29, 1.82) is 0 Å². The second-order valence-electron chi connectivity index (χ2n) is 3.65. The van der Waals surface area contributed by atoms with Gasteiger partial charge in [0, 0.05) is 16.3 Å². The van der Waals surface area contributed by atoms with E-state index in [-0.39, 0.29) is 41.6 Å². The van der Waals surface area contributed by atoms with E-state index in [1.54, 1.807) is 11.3 Å². The first-order valence-corrected chi connectivity index (χ1v) is 6.36. The van der Waals surface area contributed by atoms with Crippen molar-refractivity contribution in [3.63, 3.8) is 0 Å². The average molecular weight is 300 g/mol. The van der Waals surface area contributed by atoms with Gasteiger partial charge in [-0.2, -0.15) is 0 Å². The van der Waals surface area contributed by atoms with E-state index in [0.29, 0.717) is 12.1 Å². The maximum atomic E-state index is 7.97. The summed E-state index contributed by atoms with van der Waals surface area (Å²) in [6.07, 6.45) is 3.83. The van der Waals surface area contributed by atoms with Crippen molar-refractivity contribution in [2.45, 2.75) is 6.54 Å². The minimum Gasteiger partial charge on any atom is -1.00 e. The van der Waals surface area contributed by atoms with Gasteiger partial charge >= 0.3 is 0 Å². The van der Waals surface area contributed by atoms with Crippen molar-refractivity contribution in [3.8, 4) is 0 Å². The second kappa shape index (κ2) is 5.70. The summed E-state index contributed by atoms with van der Waals surface area (Å²) in [4.78, 5) is 0. The summed E-state index contributed by atoms with van der Waals surface area (Å²) in [5, 5.41) is 3.19. The predicted molar refractivity (Wildman–Crippen MR) is 72.6 cm³/mol. The lowest BCUT2D eigenvalue weighted by atomic mass is 10.2. The molecule has 0 fully saturated rings. The van der Waals surface area contributed by atoms with E-state index in [0.717, 1.165) is 5.39 Å². The van der Waals surface area contributed by atoms with Gasteiger partial charge in [0.25, 0.3) is 0 Å². The van der Waals surface area contributed by atoms with Gasteiger partial charge < -0.3 is 12.4 Å². The first kappa shape index (κ1) is 8.92. The Kier molecular flexibility index (Phi) is 2.82. The topological polar surface area (TPSA) is 3.88 Å². The van der Waals surface area contributed by atoms with Crippen molar-refractivity contribution in [3.05, 3.63) is 64.7 Å². The van der Waals surface area contributed by atoms with Crippen LogP contribution in [0, 0.1) is 0 Å². The largest absolute Gasteiger partial charge is 1.00 e. The third-order valence-corrected chi connectivity index (χ3v) is 3.72. The van der Waals surface area contributed by atoms with Crippen LogP contribution < -0.4 is 17.0 Å². The van der Waals surface area contributed by atoms with Gasteiger partial charge in [-0.25, -0.2) is 4.57 Å². The zero-order valence-corrected chi connectivity index (χ0v) is 11.5. The van der Waals surface area contributed by atoms with E-state index in [9.17, 15) is 0 Å². The lowest BCUT2D eigenvalue weighted by molar-refractivity contribution is -0.687. The minimum absolute atomic E-state index is 0. The van der Waals surface area contributed by atoms with Crippen molar-refractivity contribution in [2.24, 2.45) is 0 Å². The maximum absolute atomic E-state index is 7.97. The third-order valence-electron chi connectivity index (χ3n) is 2.50. The Labute approximate surface area is 127 Å². The van der Waals surface area contributed by atoms with Crippen LogP contribution in [0.25, 0.3) is 10.1 Å². The van der Waals surface area contributed by atoms with Gasteiger partial charge in [-0.3, -0.25) is 0 Å². The number of pyridine rings is 1. The molecule has 0 radical (unpaired) electrons. The van der Waals surface area contributed by atoms with Gasteiger partial charge in [-0.1, -0.05) is 29.7 Å². The molecule has 3 rings (SSSR count). The number of nitrogens with zero attached hydrogens (tertiary/aromatic N) is 1. The Bertz CT molecular complexity index is 821. The van der Waals surface area contributed by atoms with Gasteiger partial charge in [-0.05, 0) is 17.5 Å². The Hall–Kier alpha value is -1.09. The SMILES string of the molecule is [2H]c1c([2H])c([2H])c(C[n+]2ccc3sccc3c2)c(Cl)c1[2H].[Cl-]. The number of halogens is 2. The van der Waals surface area contributed by atoms with Crippen molar-refractivity contribution < 1.29 is 22.5 Å². The van der Waals surface area contributed by atoms with Gasteiger partial charge in [0.1, 0.15) is 0 Å². The van der Waals surface area contributed by atoms with Crippen LogP contribution in [0.1, 0.15) is 11.0 Å². The highest BCUT2D eigenvalue weighted by Gasteiger charge is 2.07. The standard InChI is InChI=1S/C14H11ClNS.ClH/c15-13-4-2-1-3-11(13)9-16-7-5-14-12(10-16)6-8-17-14;/h1-8,10H,9H2;1H/q+1;/p-1/i1D,2D,3D,4D;. The summed E-state index contributed by atoms with van der Waals surface area (Å²) in [6.45, 7) is 0.307. The summed E-state index contributed by atoms with van der Waals surface area (Å²) in [7, 11) is 0. The summed E-state index contributed by atoms with van der Waals surface area (Å²) in [5.41, 5.74) is 0.405. The van der Waals surface area contributed by atoms with E-state index >= 15 is 0 Å². The van der Waals surface area contributed by atoms with Crippen LogP contribution in [0.15, 0.2) is 54.1 Å². The van der Waals surface area contributed by atoms with Crippen LogP contribution in [0.3, 0.4) is 0 Å². The Morgan fingerprint density at radius 3 is 3.00 bits per heavy atom. The van der Waals surface area contributed by atoms with Gasteiger partial charge in [0.15, 0.2) is 18.9 Å². The molecule has 92 valence electrons. The zero-order valence-electron chi connectivity index (χ0n) is 13.2. The molecule has 0 aliphatic rings. The Morgan fingerprint density at radius 2 is 2.11 bits per heavy atom. The molecule has 0 saturated carbocycles. The maximum Gasteiger partial charge on any atom is 0.177 e. The summed E-state index contributed by atoms with van der Waals surface area (Å²) >= 11 is 7.75. The molecule has 3 aromatic rings. The molecule has 0 bridgehead atoms. The van der Waals surface area contributed by atoms with Gasteiger partial charge in [0.05, 0.1) is 15.9 Å². The van der Waals surface area contributed by atoms with E-state index in [4.69, 9.17) is 17.1 Å². The smallest absolute Gasteiger partial charge is 0.177 e. The fourth-order valence-corrected chi connectivity index (χ4v) is 2.58. The second-order valence-corrected chi connectivity index (χ2v) is 4.98. The van der Waals surface area contributed by atoms with Crippen LogP contribution in [-0.2, 0) is 6.54 Å². The van der Waals surface area contributed by atoms with Crippen molar-refractivity contribution >= 4 is 33.0 Å². The van der Waals surface area contributed by atoms with Gasteiger partial charge in [0.2, 0.25) is 0 Å². The highest BCUT2D eigenvalue weighted by atomic mass is 35.5. The van der Waals surface area contributed by atoms with Crippen LogP contribution >= 0.6 is 22.9 Å². The van der Waals surface area contributed by atoms with Gasteiger partial charge in [-0.15, -0.1) is 11.3 Å². The average Bonchev–Trinajstić information content (AvgIpc) is 2.95. The van der Waals surface area contributed by atoms with Crippen LogP contribution in [0.5, 0.6) is 0 Å². The van der Waals surface area contributed by atoms with Crippen LogP contribution in [0.4, 0.5) is 0 Å². The minimum atomic E-state index is -0.299. The summed E-state index contributed by atoms with van der Waals surface area (Å²) in [5.74, 6) is 0. The lowest BCUT2D eigenvalue weighted by Crippen LogP contribution is -3.00. The number of rotatable bonds is 2. The first-order chi connectivity index (χ1) is 9.99. The highest BCUT2D eigenvalue weighted by Crippen LogP contribution is 2.18. The van der Waals surface area contributed by atoms with Crippen LogP contribution in [0.2, 0.25) is 5.02 Å². The fraction of sp³-hybridized carbons (Fsp3) is 0.0714. The molecule has 0 N–H and O–H groups in total. The molecule has 1 nitrogen and oxygen atoms in total. The number of hydrogen-bond acceptors (Lipinski definition) is 1. The van der Waals surface area contributed by atoms with Crippen molar-refractivity contribution in [1.82, 2.24) is 0 Å². The number of thiophene rings is 1. The highest BCUT2D eigenvalue weighted by molar-refractivity contribution is 7.17. The molecule has 1 aromatic carbocycles. The molecule has 0 saturated heterocycles. The lowest BCUT2D eigenvalue weighted by Gasteiger charge is -2.00. The number of aromatic nitrogens is 1. The first-order valence-electron chi connectivity index (χ1n) is 7.10. The Morgan fingerprint density at radius 1 is 1.28 bits per heavy atom.